The van der Waals surface area contributed by atoms with Crippen LogP contribution in [-0.4, -0.2) is 45.8 Å². The molecule has 2 aromatic rings. The second kappa shape index (κ2) is 12.6. The molecule has 0 fully saturated rings. The number of nitrogens with one attached hydrogen (secondary N) is 1. The fourth-order valence-electron chi connectivity index (χ4n) is 4.73. The molecule has 190 valence electrons. The van der Waals surface area contributed by atoms with E-state index in [1.165, 1.54) is 34.7 Å². The van der Waals surface area contributed by atoms with Crippen LogP contribution in [0.15, 0.2) is 23.0 Å². The molecule has 1 unspecified atom stereocenters. The molecular formula is C27H37N3O5. The van der Waals surface area contributed by atoms with Crippen LogP contribution in [-0.2, 0) is 35.3 Å². The number of carbonyl (C=O) groups is 2. The van der Waals surface area contributed by atoms with E-state index in [0.29, 0.717) is 30.0 Å². The zero-order valence-corrected chi connectivity index (χ0v) is 21.1. The van der Waals surface area contributed by atoms with E-state index in [4.69, 9.17) is 9.72 Å². The summed E-state index contributed by atoms with van der Waals surface area (Å²) in [6.07, 6.45) is 7.58. The first-order chi connectivity index (χ1) is 16.8. The van der Waals surface area contributed by atoms with Gasteiger partial charge in [-0.25, -0.2) is 4.79 Å². The second-order valence-electron chi connectivity index (χ2n) is 9.21. The van der Waals surface area contributed by atoms with Crippen LogP contribution in [0.3, 0.4) is 0 Å². The average molecular weight is 484 g/mol. The molecule has 0 aliphatic heterocycles. The first kappa shape index (κ1) is 26.6. The van der Waals surface area contributed by atoms with Crippen LogP contribution in [0.25, 0.3) is 0 Å². The number of carbonyl (C=O) groups excluding carboxylic acids is 1. The van der Waals surface area contributed by atoms with Gasteiger partial charge in [-0.15, -0.1) is 0 Å². The van der Waals surface area contributed by atoms with Crippen LogP contribution >= 0.6 is 0 Å². The van der Waals surface area contributed by atoms with Gasteiger partial charge < -0.3 is 19.7 Å². The van der Waals surface area contributed by atoms with Crippen molar-refractivity contribution in [2.24, 2.45) is 0 Å². The highest BCUT2D eigenvalue weighted by Crippen LogP contribution is 2.20. The number of carboxylic acid groups (broad SMARTS) is 1. The molecule has 2 heterocycles. The number of unbranched alkanes of at least 4 members (excludes halogenated alkanes) is 1. The minimum absolute atomic E-state index is 0.166. The third-order valence-corrected chi connectivity index (χ3v) is 6.67. The van der Waals surface area contributed by atoms with Crippen LogP contribution < -0.4 is 10.9 Å². The molecule has 0 aromatic carbocycles. The third kappa shape index (κ3) is 7.01. The standard InChI is InChI=1S/C27H37N3O5/c1-4-30-19(3)25(18(2)17-24(30)31)26(32)29-23(27(33)34)14-16-35-15-8-7-10-21-13-12-20-9-5-6-11-22(20)28-21/h12-13,17,23H,4-11,14-16H2,1-3H3,(H,29,32)(H,33,34). The van der Waals surface area contributed by atoms with Crippen molar-refractivity contribution in [2.75, 3.05) is 13.2 Å². The Morgan fingerprint density at radius 3 is 2.69 bits per heavy atom. The Hall–Kier alpha value is -3.00. The Bertz CT molecular complexity index is 1110. The van der Waals surface area contributed by atoms with Crippen molar-refractivity contribution in [2.45, 2.75) is 84.7 Å². The minimum Gasteiger partial charge on any atom is -0.480 e. The van der Waals surface area contributed by atoms with E-state index in [2.05, 4.69) is 17.4 Å². The lowest BCUT2D eigenvalue weighted by Crippen LogP contribution is -2.42. The van der Waals surface area contributed by atoms with Crippen molar-refractivity contribution in [3.63, 3.8) is 0 Å². The number of rotatable bonds is 12. The van der Waals surface area contributed by atoms with Gasteiger partial charge in [0.15, 0.2) is 0 Å². The zero-order chi connectivity index (χ0) is 25.4. The van der Waals surface area contributed by atoms with Gasteiger partial charge in [-0.3, -0.25) is 14.6 Å². The molecule has 1 amide bonds. The molecule has 8 nitrogen and oxygen atoms in total. The number of aliphatic carboxylic acids is 1. The Morgan fingerprint density at radius 1 is 1.17 bits per heavy atom. The molecule has 2 N–H and O–H groups in total. The van der Waals surface area contributed by atoms with Crippen molar-refractivity contribution in [1.82, 2.24) is 14.9 Å². The van der Waals surface area contributed by atoms with E-state index in [1.807, 2.05) is 6.92 Å². The van der Waals surface area contributed by atoms with Crippen LogP contribution in [0.1, 0.15) is 77.6 Å². The molecular weight excluding hydrogens is 446 g/mol. The minimum atomic E-state index is -1.11. The topological polar surface area (TPSA) is 111 Å². The van der Waals surface area contributed by atoms with Crippen LogP contribution in [0.4, 0.5) is 0 Å². The monoisotopic (exact) mass is 483 g/mol. The van der Waals surface area contributed by atoms with Gasteiger partial charge in [-0.2, -0.15) is 0 Å². The quantitative estimate of drug-likeness (QED) is 0.448. The van der Waals surface area contributed by atoms with Crippen molar-refractivity contribution < 1.29 is 19.4 Å². The largest absolute Gasteiger partial charge is 0.480 e. The fourth-order valence-corrected chi connectivity index (χ4v) is 4.73. The molecule has 0 radical (unpaired) electrons. The van der Waals surface area contributed by atoms with Gasteiger partial charge in [-0.05, 0) is 82.9 Å². The van der Waals surface area contributed by atoms with Gasteiger partial charge in [0.05, 0.1) is 5.56 Å². The summed E-state index contributed by atoms with van der Waals surface area (Å²) in [7, 11) is 0. The van der Waals surface area contributed by atoms with Crippen molar-refractivity contribution in [3.8, 4) is 0 Å². The number of carboxylic acids is 1. The van der Waals surface area contributed by atoms with E-state index >= 15 is 0 Å². The van der Waals surface area contributed by atoms with Gasteiger partial charge in [0.2, 0.25) is 0 Å². The molecule has 0 saturated carbocycles. The Balaban J connectivity index is 1.42. The second-order valence-corrected chi connectivity index (χ2v) is 9.21. The molecule has 8 heteroatoms. The number of amides is 1. The van der Waals surface area contributed by atoms with Gasteiger partial charge in [0.1, 0.15) is 6.04 Å². The summed E-state index contributed by atoms with van der Waals surface area (Å²) in [6, 6.07) is 4.68. The van der Waals surface area contributed by atoms with Crippen molar-refractivity contribution >= 4 is 11.9 Å². The Labute approximate surface area is 206 Å². The van der Waals surface area contributed by atoms with E-state index in [1.54, 1.807) is 13.8 Å². The van der Waals surface area contributed by atoms with Crippen LogP contribution in [0, 0.1) is 13.8 Å². The molecule has 1 aliphatic rings. The van der Waals surface area contributed by atoms with E-state index in [0.717, 1.165) is 37.8 Å². The van der Waals surface area contributed by atoms with Crippen LogP contribution in [0.2, 0.25) is 0 Å². The van der Waals surface area contributed by atoms with Crippen LogP contribution in [0.5, 0.6) is 0 Å². The zero-order valence-electron chi connectivity index (χ0n) is 21.1. The molecule has 0 spiro atoms. The summed E-state index contributed by atoms with van der Waals surface area (Å²) < 4.78 is 7.15. The molecule has 2 aromatic heterocycles. The first-order valence-corrected chi connectivity index (χ1v) is 12.6. The van der Waals surface area contributed by atoms with E-state index < -0.39 is 17.9 Å². The molecule has 3 rings (SSSR count). The fraction of sp³-hybridized carbons (Fsp3) is 0.556. The lowest BCUT2D eigenvalue weighted by molar-refractivity contribution is -0.139. The molecule has 1 atom stereocenters. The summed E-state index contributed by atoms with van der Waals surface area (Å²) in [5, 5.41) is 12.2. The average Bonchev–Trinajstić information content (AvgIpc) is 2.82. The molecule has 35 heavy (non-hydrogen) atoms. The number of hydrogen-bond donors (Lipinski definition) is 2. The van der Waals surface area contributed by atoms with Gasteiger partial charge >= 0.3 is 5.97 Å². The van der Waals surface area contributed by atoms with E-state index in [-0.39, 0.29) is 18.6 Å². The normalized spacial score (nSPS) is 13.8. The highest BCUT2D eigenvalue weighted by atomic mass is 16.5. The number of nitrogens with zero attached hydrogens (tertiary/aromatic N) is 2. The molecule has 0 saturated heterocycles. The maximum absolute atomic E-state index is 12.8. The van der Waals surface area contributed by atoms with Crippen molar-refractivity contribution in [3.05, 3.63) is 62.3 Å². The summed E-state index contributed by atoms with van der Waals surface area (Å²) in [4.78, 5) is 41.5. The highest BCUT2D eigenvalue weighted by Gasteiger charge is 2.23. The number of ether oxygens (including phenoxy) is 1. The number of aromatic nitrogens is 2. The summed E-state index contributed by atoms with van der Waals surface area (Å²) in [5.41, 5.74) is 5.00. The summed E-state index contributed by atoms with van der Waals surface area (Å²) >= 11 is 0. The molecule has 0 bridgehead atoms. The number of fused-ring (bicyclic) bond motifs is 1. The van der Waals surface area contributed by atoms with E-state index in [9.17, 15) is 19.5 Å². The highest BCUT2D eigenvalue weighted by molar-refractivity contribution is 5.98. The van der Waals surface area contributed by atoms with Gasteiger partial charge in [0.25, 0.3) is 11.5 Å². The predicted octanol–water partition coefficient (Wildman–Crippen LogP) is 3.37. The maximum atomic E-state index is 12.8. The Kier molecular flexibility index (Phi) is 9.60. The predicted molar refractivity (Wildman–Crippen MR) is 134 cm³/mol. The summed E-state index contributed by atoms with van der Waals surface area (Å²) in [5.74, 6) is -1.60. The number of pyridine rings is 2. The van der Waals surface area contributed by atoms with Crippen molar-refractivity contribution in [1.29, 1.82) is 0 Å². The smallest absolute Gasteiger partial charge is 0.326 e. The maximum Gasteiger partial charge on any atom is 0.326 e. The lowest BCUT2D eigenvalue weighted by Gasteiger charge is -2.18. The first-order valence-electron chi connectivity index (χ1n) is 12.6. The molecule has 1 aliphatic carbocycles. The van der Waals surface area contributed by atoms with Gasteiger partial charge in [-0.1, -0.05) is 6.07 Å². The third-order valence-electron chi connectivity index (χ3n) is 6.67. The number of aryl methyl sites for hydroxylation is 4. The Morgan fingerprint density at radius 2 is 1.94 bits per heavy atom. The lowest BCUT2D eigenvalue weighted by atomic mass is 9.95. The number of hydrogen-bond acceptors (Lipinski definition) is 5. The van der Waals surface area contributed by atoms with Gasteiger partial charge in [0, 0.05) is 49.3 Å². The SMILES string of the molecule is CCn1c(C)c(C(=O)NC(CCOCCCCc2ccc3c(n2)CCCC3)C(=O)O)c(C)cc1=O. The summed E-state index contributed by atoms with van der Waals surface area (Å²) in [6.45, 7) is 6.41.